The highest BCUT2D eigenvalue weighted by atomic mass is 35.5. The standard InChI is InChI=1S/C19H23ClN2O/c1-13(2)19(15-7-9-16(20)10-8-15)21-12-18(23)22-17-6-4-5-14(3)11-17/h4-11,13,19,21H,12H2,1-3H3,(H,22,23). The van der Waals surface area contributed by atoms with Gasteiger partial charge in [-0.05, 0) is 48.2 Å². The molecular weight excluding hydrogens is 308 g/mol. The summed E-state index contributed by atoms with van der Waals surface area (Å²) >= 11 is 5.94. The molecule has 3 nitrogen and oxygen atoms in total. The summed E-state index contributed by atoms with van der Waals surface area (Å²) in [6.07, 6.45) is 0. The van der Waals surface area contributed by atoms with Gasteiger partial charge in [0.05, 0.1) is 6.54 Å². The lowest BCUT2D eigenvalue weighted by Crippen LogP contribution is -2.33. The predicted octanol–water partition coefficient (Wildman–Crippen LogP) is 4.57. The molecule has 0 heterocycles. The lowest BCUT2D eigenvalue weighted by Gasteiger charge is -2.23. The third kappa shape index (κ3) is 5.38. The monoisotopic (exact) mass is 330 g/mol. The molecule has 0 aliphatic rings. The van der Waals surface area contributed by atoms with Gasteiger partial charge in [0.2, 0.25) is 5.91 Å². The number of rotatable bonds is 6. The Morgan fingerprint density at radius 3 is 2.43 bits per heavy atom. The van der Waals surface area contributed by atoms with Gasteiger partial charge < -0.3 is 10.6 Å². The van der Waals surface area contributed by atoms with Gasteiger partial charge in [-0.25, -0.2) is 0 Å². The van der Waals surface area contributed by atoms with Crippen LogP contribution in [-0.4, -0.2) is 12.5 Å². The van der Waals surface area contributed by atoms with Crippen molar-refractivity contribution in [3.05, 3.63) is 64.7 Å². The molecule has 0 fully saturated rings. The number of nitrogens with one attached hydrogen (secondary N) is 2. The molecule has 0 aromatic heterocycles. The van der Waals surface area contributed by atoms with E-state index in [1.165, 1.54) is 0 Å². The van der Waals surface area contributed by atoms with Crippen molar-refractivity contribution in [2.45, 2.75) is 26.8 Å². The van der Waals surface area contributed by atoms with Gasteiger partial charge in [-0.15, -0.1) is 0 Å². The number of carbonyl (C=O) groups is 1. The van der Waals surface area contributed by atoms with Gasteiger partial charge in [-0.3, -0.25) is 4.79 Å². The van der Waals surface area contributed by atoms with E-state index in [4.69, 9.17) is 11.6 Å². The van der Waals surface area contributed by atoms with Crippen LogP contribution in [0, 0.1) is 12.8 Å². The van der Waals surface area contributed by atoms with Crippen molar-refractivity contribution in [1.82, 2.24) is 5.32 Å². The SMILES string of the molecule is Cc1cccc(NC(=O)CNC(c2ccc(Cl)cc2)C(C)C)c1. The summed E-state index contributed by atoms with van der Waals surface area (Å²) in [4.78, 5) is 12.1. The number of halogens is 1. The third-order valence-electron chi connectivity index (χ3n) is 3.68. The van der Waals surface area contributed by atoms with Gasteiger partial charge in [-0.2, -0.15) is 0 Å². The number of carbonyl (C=O) groups excluding carboxylic acids is 1. The van der Waals surface area contributed by atoms with Gasteiger partial charge in [0, 0.05) is 16.8 Å². The molecule has 0 saturated heterocycles. The van der Waals surface area contributed by atoms with Crippen LogP contribution in [0.5, 0.6) is 0 Å². The number of hydrogen-bond donors (Lipinski definition) is 2. The topological polar surface area (TPSA) is 41.1 Å². The van der Waals surface area contributed by atoms with Crippen LogP contribution in [0.25, 0.3) is 0 Å². The largest absolute Gasteiger partial charge is 0.325 e. The Morgan fingerprint density at radius 2 is 1.83 bits per heavy atom. The first kappa shape index (κ1) is 17.5. The van der Waals surface area contributed by atoms with Crippen molar-refractivity contribution in [2.24, 2.45) is 5.92 Å². The Bertz CT molecular complexity index is 653. The fraction of sp³-hybridized carbons (Fsp3) is 0.316. The van der Waals surface area contributed by atoms with Gasteiger partial charge >= 0.3 is 0 Å². The summed E-state index contributed by atoms with van der Waals surface area (Å²) in [6, 6.07) is 15.6. The maximum atomic E-state index is 12.1. The average Bonchev–Trinajstić information content (AvgIpc) is 2.49. The summed E-state index contributed by atoms with van der Waals surface area (Å²) in [7, 11) is 0. The zero-order valence-electron chi connectivity index (χ0n) is 13.8. The maximum Gasteiger partial charge on any atom is 0.238 e. The molecular formula is C19H23ClN2O. The van der Waals surface area contributed by atoms with Crippen molar-refractivity contribution >= 4 is 23.2 Å². The second kappa shape index (κ2) is 8.14. The molecule has 122 valence electrons. The smallest absolute Gasteiger partial charge is 0.238 e. The van der Waals surface area contributed by atoms with E-state index in [9.17, 15) is 4.79 Å². The molecule has 1 atom stereocenters. The van der Waals surface area contributed by atoms with E-state index in [2.05, 4.69) is 24.5 Å². The molecule has 0 aliphatic carbocycles. The van der Waals surface area contributed by atoms with Crippen LogP contribution in [0.15, 0.2) is 48.5 Å². The molecule has 4 heteroatoms. The molecule has 1 amide bonds. The van der Waals surface area contributed by atoms with E-state index in [-0.39, 0.29) is 18.5 Å². The Morgan fingerprint density at radius 1 is 1.13 bits per heavy atom. The van der Waals surface area contributed by atoms with Crippen LogP contribution in [0.2, 0.25) is 5.02 Å². The van der Waals surface area contributed by atoms with Crippen LogP contribution >= 0.6 is 11.6 Å². The van der Waals surface area contributed by atoms with E-state index in [1.807, 2.05) is 55.5 Å². The number of hydrogen-bond acceptors (Lipinski definition) is 2. The minimum absolute atomic E-state index is 0.0461. The van der Waals surface area contributed by atoms with Crippen LogP contribution in [0.1, 0.15) is 31.0 Å². The molecule has 2 N–H and O–H groups in total. The second-order valence-electron chi connectivity index (χ2n) is 6.07. The molecule has 2 rings (SSSR count). The first-order valence-electron chi connectivity index (χ1n) is 7.81. The molecule has 0 radical (unpaired) electrons. The lowest BCUT2D eigenvalue weighted by atomic mass is 9.96. The number of benzene rings is 2. The molecule has 0 spiro atoms. The Balaban J connectivity index is 1.96. The normalized spacial score (nSPS) is 12.2. The minimum atomic E-state index is -0.0461. The van der Waals surface area contributed by atoms with Crippen LogP contribution in [-0.2, 0) is 4.79 Å². The molecule has 0 saturated carbocycles. The van der Waals surface area contributed by atoms with Gasteiger partial charge in [0.15, 0.2) is 0 Å². The molecule has 2 aromatic carbocycles. The van der Waals surface area contributed by atoms with Gasteiger partial charge in [-0.1, -0.05) is 49.7 Å². The highest BCUT2D eigenvalue weighted by molar-refractivity contribution is 6.30. The van der Waals surface area contributed by atoms with Crippen LogP contribution < -0.4 is 10.6 Å². The summed E-state index contributed by atoms with van der Waals surface area (Å²) in [5.74, 6) is 0.318. The molecule has 2 aromatic rings. The summed E-state index contributed by atoms with van der Waals surface area (Å²) in [5, 5.41) is 6.97. The van der Waals surface area contributed by atoms with Crippen molar-refractivity contribution in [1.29, 1.82) is 0 Å². The first-order chi connectivity index (χ1) is 11.0. The second-order valence-corrected chi connectivity index (χ2v) is 6.51. The van der Waals surface area contributed by atoms with Crippen molar-refractivity contribution in [3.8, 4) is 0 Å². The Hall–Kier alpha value is -1.84. The van der Waals surface area contributed by atoms with Crippen molar-refractivity contribution in [2.75, 3.05) is 11.9 Å². The van der Waals surface area contributed by atoms with E-state index in [1.54, 1.807) is 0 Å². The zero-order valence-corrected chi connectivity index (χ0v) is 14.5. The van der Waals surface area contributed by atoms with Gasteiger partial charge in [0.25, 0.3) is 0 Å². The predicted molar refractivity (Wildman–Crippen MR) is 96.8 cm³/mol. The molecule has 0 aliphatic heterocycles. The lowest BCUT2D eigenvalue weighted by molar-refractivity contribution is -0.115. The van der Waals surface area contributed by atoms with Crippen LogP contribution in [0.3, 0.4) is 0 Å². The number of aryl methyl sites for hydroxylation is 1. The molecule has 0 bridgehead atoms. The van der Waals surface area contributed by atoms with E-state index < -0.39 is 0 Å². The van der Waals surface area contributed by atoms with E-state index >= 15 is 0 Å². The summed E-state index contributed by atoms with van der Waals surface area (Å²) in [6.45, 7) is 6.53. The molecule has 23 heavy (non-hydrogen) atoms. The molecule has 1 unspecified atom stereocenters. The van der Waals surface area contributed by atoms with Crippen molar-refractivity contribution in [3.63, 3.8) is 0 Å². The zero-order chi connectivity index (χ0) is 16.8. The number of amides is 1. The summed E-state index contributed by atoms with van der Waals surface area (Å²) in [5.41, 5.74) is 3.08. The van der Waals surface area contributed by atoms with E-state index in [0.29, 0.717) is 10.9 Å². The average molecular weight is 331 g/mol. The Labute approximate surface area is 143 Å². The fourth-order valence-corrected chi connectivity index (χ4v) is 2.67. The Kier molecular flexibility index (Phi) is 6.20. The quantitative estimate of drug-likeness (QED) is 0.814. The van der Waals surface area contributed by atoms with Gasteiger partial charge in [0.1, 0.15) is 0 Å². The third-order valence-corrected chi connectivity index (χ3v) is 3.93. The highest BCUT2D eigenvalue weighted by Gasteiger charge is 2.16. The maximum absolute atomic E-state index is 12.1. The fourth-order valence-electron chi connectivity index (χ4n) is 2.54. The summed E-state index contributed by atoms with van der Waals surface area (Å²) < 4.78 is 0. The first-order valence-corrected chi connectivity index (χ1v) is 8.19. The van der Waals surface area contributed by atoms with Crippen molar-refractivity contribution < 1.29 is 4.79 Å². The highest BCUT2D eigenvalue weighted by Crippen LogP contribution is 2.23. The van der Waals surface area contributed by atoms with E-state index in [0.717, 1.165) is 16.8 Å². The van der Waals surface area contributed by atoms with Crippen LogP contribution in [0.4, 0.5) is 5.69 Å². The minimum Gasteiger partial charge on any atom is -0.325 e. The number of anilines is 1.